The zero-order valence-electron chi connectivity index (χ0n) is 10.9. The molecule has 19 heavy (non-hydrogen) atoms. The minimum absolute atomic E-state index is 0.195. The van der Waals surface area contributed by atoms with Gasteiger partial charge in [0.2, 0.25) is 0 Å². The molecule has 0 fully saturated rings. The van der Waals surface area contributed by atoms with Crippen LogP contribution in [0.15, 0.2) is 42.5 Å². The van der Waals surface area contributed by atoms with Gasteiger partial charge in [-0.05, 0) is 42.8 Å². The standard InChI is InChI=1S/C15H16Cl2N2/c1-10(11-3-5-12(16)6-4-11)19(2)15-8-7-13(17)9-14(15)18/h3-10H,18H2,1-2H3. The Hall–Kier alpha value is -1.38. The Balaban J connectivity index is 2.27. The summed E-state index contributed by atoms with van der Waals surface area (Å²) < 4.78 is 0. The number of nitrogen functional groups attached to an aromatic ring is 1. The highest BCUT2D eigenvalue weighted by Gasteiger charge is 2.14. The first-order chi connectivity index (χ1) is 8.99. The number of halogens is 2. The molecule has 0 aliphatic rings. The van der Waals surface area contributed by atoms with Crippen LogP contribution in [0.3, 0.4) is 0 Å². The molecule has 1 atom stereocenters. The second kappa shape index (κ2) is 5.72. The number of nitrogens with zero attached hydrogens (tertiary/aromatic N) is 1. The molecule has 2 rings (SSSR count). The lowest BCUT2D eigenvalue weighted by Crippen LogP contribution is -2.22. The predicted octanol–water partition coefficient (Wildman–Crippen LogP) is 4.77. The molecule has 0 saturated heterocycles. The Morgan fingerprint density at radius 1 is 1.00 bits per heavy atom. The number of rotatable bonds is 3. The number of anilines is 2. The third-order valence-corrected chi connectivity index (χ3v) is 3.79. The van der Waals surface area contributed by atoms with Crippen molar-refractivity contribution in [2.75, 3.05) is 17.7 Å². The van der Waals surface area contributed by atoms with Gasteiger partial charge in [0.1, 0.15) is 0 Å². The van der Waals surface area contributed by atoms with Crippen LogP contribution in [0.5, 0.6) is 0 Å². The second-order valence-electron chi connectivity index (χ2n) is 4.54. The molecule has 0 spiro atoms. The van der Waals surface area contributed by atoms with Crippen molar-refractivity contribution in [3.8, 4) is 0 Å². The van der Waals surface area contributed by atoms with Crippen LogP contribution in [0.25, 0.3) is 0 Å². The lowest BCUT2D eigenvalue weighted by molar-refractivity contribution is 0.741. The average Bonchev–Trinajstić information content (AvgIpc) is 2.38. The average molecular weight is 295 g/mol. The Bertz CT molecular complexity index is 567. The Morgan fingerprint density at radius 2 is 1.58 bits per heavy atom. The molecule has 0 aliphatic carbocycles. The molecule has 0 amide bonds. The molecular weight excluding hydrogens is 279 g/mol. The van der Waals surface area contributed by atoms with Gasteiger partial charge in [-0.25, -0.2) is 0 Å². The summed E-state index contributed by atoms with van der Waals surface area (Å²) in [6.45, 7) is 2.12. The van der Waals surface area contributed by atoms with E-state index in [1.54, 1.807) is 6.07 Å². The van der Waals surface area contributed by atoms with E-state index in [4.69, 9.17) is 28.9 Å². The van der Waals surface area contributed by atoms with E-state index < -0.39 is 0 Å². The van der Waals surface area contributed by atoms with Gasteiger partial charge in [-0.2, -0.15) is 0 Å². The molecule has 2 aromatic carbocycles. The number of nitrogens with two attached hydrogens (primary N) is 1. The third-order valence-electron chi connectivity index (χ3n) is 3.30. The Labute approximate surface area is 123 Å². The predicted molar refractivity (Wildman–Crippen MR) is 84.1 cm³/mol. The molecule has 2 nitrogen and oxygen atoms in total. The maximum Gasteiger partial charge on any atom is 0.0603 e. The monoisotopic (exact) mass is 294 g/mol. The molecule has 0 aliphatic heterocycles. The fourth-order valence-corrected chi connectivity index (χ4v) is 2.33. The fraction of sp³-hybridized carbons (Fsp3) is 0.200. The van der Waals surface area contributed by atoms with Gasteiger partial charge < -0.3 is 10.6 Å². The van der Waals surface area contributed by atoms with Gasteiger partial charge in [0.25, 0.3) is 0 Å². The molecule has 100 valence electrons. The van der Waals surface area contributed by atoms with Gasteiger partial charge in [0, 0.05) is 17.1 Å². The maximum absolute atomic E-state index is 6.02. The number of hydrogen-bond acceptors (Lipinski definition) is 2. The minimum Gasteiger partial charge on any atom is -0.397 e. The van der Waals surface area contributed by atoms with Gasteiger partial charge >= 0.3 is 0 Å². The zero-order valence-corrected chi connectivity index (χ0v) is 12.4. The maximum atomic E-state index is 6.02. The molecule has 2 aromatic rings. The van der Waals surface area contributed by atoms with Crippen LogP contribution in [-0.2, 0) is 0 Å². The summed E-state index contributed by atoms with van der Waals surface area (Å²) in [5.41, 5.74) is 8.84. The second-order valence-corrected chi connectivity index (χ2v) is 5.41. The van der Waals surface area contributed by atoms with E-state index in [9.17, 15) is 0 Å². The van der Waals surface area contributed by atoms with E-state index >= 15 is 0 Å². The smallest absolute Gasteiger partial charge is 0.0603 e. The summed E-state index contributed by atoms with van der Waals surface area (Å²) in [5.74, 6) is 0. The largest absolute Gasteiger partial charge is 0.397 e. The Morgan fingerprint density at radius 3 is 2.16 bits per heavy atom. The quantitative estimate of drug-likeness (QED) is 0.826. The highest BCUT2D eigenvalue weighted by molar-refractivity contribution is 6.31. The molecule has 1 unspecified atom stereocenters. The van der Waals surface area contributed by atoms with Gasteiger partial charge in [-0.15, -0.1) is 0 Å². The van der Waals surface area contributed by atoms with E-state index in [1.807, 2.05) is 43.4 Å². The van der Waals surface area contributed by atoms with Crippen molar-refractivity contribution in [1.29, 1.82) is 0 Å². The van der Waals surface area contributed by atoms with Crippen molar-refractivity contribution < 1.29 is 0 Å². The minimum atomic E-state index is 0.195. The summed E-state index contributed by atoms with van der Waals surface area (Å²) in [7, 11) is 2.01. The normalized spacial score (nSPS) is 12.2. The summed E-state index contributed by atoms with van der Waals surface area (Å²) >= 11 is 11.8. The lowest BCUT2D eigenvalue weighted by atomic mass is 10.1. The lowest BCUT2D eigenvalue weighted by Gasteiger charge is -2.28. The van der Waals surface area contributed by atoms with Crippen molar-refractivity contribution in [2.24, 2.45) is 0 Å². The summed E-state index contributed by atoms with van der Waals surface area (Å²) in [6.07, 6.45) is 0. The van der Waals surface area contributed by atoms with Crippen LogP contribution in [0.4, 0.5) is 11.4 Å². The van der Waals surface area contributed by atoms with Crippen LogP contribution < -0.4 is 10.6 Å². The van der Waals surface area contributed by atoms with E-state index in [2.05, 4.69) is 11.8 Å². The van der Waals surface area contributed by atoms with E-state index in [0.717, 1.165) is 10.7 Å². The first-order valence-corrected chi connectivity index (χ1v) is 6.78. The fourth-order valence-electron chi connectivity index (χ4n) is 2.02. The number of benzene rings is 2. The number of hydrogen-bond donors (Lipinski definition) is 1. The van der Waals surface area contributed by atoms with E-state index in [1.165, 1.54) is 5.56 Å². The van der Waals surface area contributed by atoms with Crippen molar-refractivity contribution >= 4 is 34.6 Å². The summed E-state index contributed by atoms with van der Waals surface area (Å²) in [4.78, 5) is 2.12. The van der Waals surface area contributed by atoms with Crippen LogP contribution in [0.2, 0.25) is 10.0 Å². The van der Waals surface area contributed by atoms with Crippen LogP contribution in [-0.4, -0.2) is 7.05 Å². The van der Waals surface area contributed by atoms with Crippen molar-refractivity contribution in [3.05, 3.63) is 58.1 Å². The van der Waals surface area contributed by atoms with E-state index in [0.29, 0.717) is 10.7 Å². The van der Waals surface area contributed by atoms with Gasteiger partial charge in [0.15, 0.2) is 0 Å². The molecule has 0 radical (unpaired) electrons. The highest BCUT2D eigenvalue weighted by atomic mass is 35.5. The van der Waals surface area contributed by atoms with Gasteiger partial charge in [-0.1, -0.05) is 35.3 Å². The SMILES string of the molecule is CC(c1ccc(Cl)cc1)N(C)c1ccc(Cl)cc1N. The molecule has 4 heteroatoms. The molecule has 0 saturated carbocycles. The molecule has 0 aromatic heterocycles. The van der Waals surface area contributed by atoms with Crippen LogP contribution in [0, 0.1) is 0 Å². The summed E-state index contributed by atoms with van der Waals surface area (Å²) in [6, 6.07) is 13.6. The molecule has 0 bridgehead atoms. The summed E-state index contributed by atoms with van der Waals surface area (Å²) in [5, 5.41) is 1.39. The van der Waals surface area contributed by atoms with Crippen LogP contribution in [0.1, 0.15) is 18.5 Å². The molecular formula is C15H16Cl2N2. The molecule has 2 N–H and O–H groups in total. The van der Waals surface area contributed by atoms with Crippen molar-refractivity contribution in [3.63, 3.8) is 0 Å². The first-order valence-electron chi connectivity index (χ1n) is 6.02. The van der Waals surface area contributed by atoms with E-state index in [-0.39, 0.29) is 6.04 Å². The van der Waals surface area contributed by atoms with Gasteiger partial charge in [-0.3, -0.25) is 0 Å². The van der Waals surface area contributed by atoms with Crippen molar-refractivity contribution in [2.45, 2.75) is 13.0 Å². The zero-order chi connectivity index (χ0) is 14.0. The Kier molecular flexibility index (Phi) is 4.23. The van der Waals surface area contributed by atoms with Crippen molar-refractivity contribution in [1.82, 2.24) is 0 Å². The topological polar surface area (TPSA) is 29.3 Å². The highest BCUT2D eigenvalue weighted by Crippen LogP contribution is 2.31. The van der Waals surface area contributed by atoms with Gasteiger partial charge in [0.05, 0.1) is 17.4 Å². The van der Waals surface area contributed by atoms with Crippen LogP contribution >= 0.6 is 23.2 Å². The molecule has 0 heterocycles. The first kappa shape index (κ1) is 14.0. The third kappa shape index (κ3) is 3.14.